The summed E-state index contributed by atoms with van der Waals surface area (Å²) in [5.41, 5.74) is 0. The molecule has 0 aromatic heterocycles. The molecule has 102 valence electrons. The van der Waals surface area contributed by atoms with E-state index in [0.717, 1.165) is 29.6 Å². The SMILES string of the molecule is CC(C)NCCCC(C)Oc1cc(Br)ccc1Cl. The summed E-state index contributed by atoms with van der Waals surface area (Å²) in [7, 11) is 0. The van der Waals surface area contributed by atoms with Gasteiger partial charge in [-0.3, -0.25) is 0 Å². The number of rotatable bonds is 7. The van der Waals surface area contributed by atoms with Crippen LogP contribution in [0.1, 0.15) is 33.6 Å². The molecule has 0 aliphatic rings. The predicted octanol–water partition coefficient (Wildman–Crippen LogP) is 4.65. The van der Waals surface area contributed by atoms with Gasteiger partial charge in [0.1, 0.15) is 5.75 Å². The van der Waals surface area contributed by atoms with Gasteiger partial charge in [-0.2, -0.15) is 0 Å². The molecule has 1 aromatic rings. The van der Waals surface area contributed by atoms with Gasteiger partial charge in [0.05, 0.1) is 11.1 Å². The summed E-state index contributed by atoms with van der Waals surface area (Å²) in [4.78, 5) is 0. The maximum Gasteiger partial charge on any atom is 0.139 e. The maximum absolute atomic E-state index is 6.08. The Kier molecular flexibility index (Phi) is 7.05. The van der Waals surface area contributed by atoms with Gasteiger partial charge in [-0.25, -0.2) is 0 Å². The van der Waals surface area contributed by atoms with Gasteiger partial charge >= 0.3 is 0 Å². The Bertz CT molecular complexity index is 371. The van der Waals surface area contributed by atoms with E-state index in [4.69, 9.17) is 16.3 Å². The van der Waals surface area contributed by atoms with Crippen LogP contribution in [-0.2, 0) is 0 Å². The van der Waals surface area contributed by atoms with E-state index in [2.05, 4.69) is 42.0 Å². The predicted molar refractivity (Wildman–Crippen MR) is 81.6 cm³/mol. The minimum atomic E-state index is 0.172. The average molecular weight is 335 g/mol. The number of halogens is 2. The second-order valence-electron chi connectivity index (χ2n) is 4.75. The fourth-order valence-electron chi connectivity index (χ4n) is 1.62. The molecule has 1 atom stereocenters. The second-order valence-corrected chi connectivity index (χ2v) is 6.08. The van der Waals surface area contributed by atoms with Crippen molar-refractivity contribution in [2.24, 2.45) is 0 Å². The van der Waals surface area contributed by atoms with E-state index in [9.17, 15) is 0 Å². The van der Waals surface area contributed by atoms with E-state index in [1.165, 1.54) is 0 Å². The highest BCUT2D eigenvalue weighted by Gasteiger charge is 2.08. The Hall–Kier alpha value is -0.250. The lowest BCUT2D eigenvalue weighted by molar-refractivity contribution is 0.207. The molecule has 0 saturated carbocycles. The Labute approximate surface area is 123 Å². The molecule has 0 heterocycles. The van der Waals surface area contributed by atoms with Crippen LogP contribution in [0, 0.1) is 0 Å². The van der Waals surface area contributed by atoms with Crippen LogP contribution in [0.2, 0.25) is 5.02 Å². The summed E-state index contributed by atoms with van der Waals surface area (Å²) < 4.78 is 6.83. The quantitative estimate of drug-likeness (QED) is 0.733. The van der Waals surface area contributed by atoms with Crippen molar-refractivity contribution in [3.63, 3.8) is 0 Å². The Morgan fingerprint density at radius 3 is 2.72 bits per heavy atom. The summed E-state index contributed by atoms with van der Waals surface area (Å²) >= 11 is 9.50. The first-order valence-electron chi connectivity index (χ1n) is 6.34. The molecule has 1 aromatic carbocycles. The zero-order chi connectivity index (χ0) is 13.5. The van der Waals surface area contributed by atoms with Gasteiger partial charge in [0.25, 0.3) is 0 Å². The zero-order valence-corrected chi connectivity index (χ0v) is 13.5. The van der Waals surface area contributed by atoms with Crippen molar-refractivity contribution in [3.05, 3.63) is 27.7 Å². The molecular weight excluding hydrogens is 314 g/mol. The van der Waals surface area contributed by atoms with Crippen molar-refractivity contribution in [2.45, 2.75) is 45.8 Å². The van der Waals surface area contributed by atoms with Gasteiger partial charge in [-0.1, -0.05) is 41.4 Å². The second kappa shape index (κ2) is 8.03. The summed E-state index contributed by atoms with van der Waals surface area (Å²) in [5.74, 6) is 0.746. The van der Waals surface area contributed by atoms with E-state index in [1.807, 2.05) is 18.2 Å². The molecule has 1 N–H and O–H groups in total. The fourth-order valence-corrected chi connectivity index (χ4v) is 2.13. The molecule has 0 amide bonds. The van der Waals surface area contributed by atoms with Gasteiger partial charge < -0.3 is 10.1 Å². The molecule has 0 bridgehead atoms. The normalized spacial score (nSPS) is 12.8. The number of hydrogen-bond acceptors (Lipinski definition) is 2. The lowest BCUT2D eigenvalue weighted by Crippen LogP contribution is -2.25. The van der Waals surface area contributed by atoms with Crippen LogP contribution in [0.3, 0.4) is 0 Å². The zero-order valence-electron chi connectivity index (χ0n) is 11.2. The molecule has 0 fully saturated rings. The summed E-state index contributed by atoms with van der Waals surface area (Å²) in [6, 6.07) is 6.20. The number of ether oxygens (including phenoxy) is 1. The van der Waals surface area contributed by atoms with Crippen LogP contribution in [0.5, 0.6) is 5.75 Å². The van der Waals surface area contributed by atoms with Crippen LogP contribution >= 0.6 is 27.5 Å². The molecule has 4 heteroatoms. The van der Waals surface area contributed by atoms with Crippen LogP contribution in [0.4, 0.5) is 0 Å². The highest BCUT2D eigenvalue weighted by atomic mass is 79.9. The first-order chi connectivity index (χ1) is 8.49. The Morgan fingerprint density at radius 1 is 1.33 bits per heavy atom. The van der Waals surface area contributed by atoms with Crippen LogP contribution in [0.15, 0.2) is 22.7 Å². The molecule has 0 radical (unpaired) electrons. The molecule has 0 aliphatic carbocycles. The summed E-state index contributed by atoms with van der Waals surface area (Å²) in [5, 5.41) is 4.05. The largest absolute Gasteiger partial charge is 0.489 e. The summed E-state index contributed by atoms with van der Waals surface area (Å²) in [6.07, 6.45) is 2.29. The third-order valence-electron chi connectivity index (χ3n) is 2.56. The summed E-state index contributed by atoms with van der Waals surface area (Å²) in [6.45, 7) is 7.41. The molecule has 2 nitrogen and oxygen atoms in total. The molecule has 1 rings (SSSR count). The maximum atomic E-state index is 6.08. The van der Waals surface area contributed by atoms with Gasteiger partial charge in [0.2, 0.25) is 0 Å². The minimum Gasteiger partial charge on any atom is -0.489 e. The topological polar surface area (TPSA) is 21.3 Å². The Morgan fingerprint density at radius 2 is 2.06 bits per heavy atom. The first-order valence-corrected chi connectivity index (χ1v) is 7.51. The third-order valence-corrected chi connectivity index (χ3v) is 3.37. The van der Waals surface area contributed by atoms with Crippen molar-refractivity contribution in [2.75, 3.05) is 6.54 Å². The lowest BCUT2D eigenvalue weighted by Gasteiger charge is -2.16. The van der Waals surface area contributed by atoms with E-state index in [-0.39, 0.29) is 6.10 Å². The van der Waals surface area contributed by atoms with Gasteiger partial charge in [-0.05, 0) is 44.5 Å². The highest BCUT2D eigenvalue weighted by molar-refractivity contribution is 9.10. The number of hydrogen-bond donors (Lipinski definition) is 1. The van der Waals surface area contributed by atoms with Gasteiger partial charge in [0.15, 0.2) is 0 Å². The highest BCUT2D eigenvalue weighted by Crippen LogP contribution is 2.29. The third kappa shape index (κ3) is 6.07. The van der Waals surface area contributed by atoms with Gasteiger partial charge in [0, 0.05) is 10.5 Å². The van der Waals surface area contributed by atoms with E-state index in [0.29, 0.717) is 11.1 Å². The molecule has 18 heavy (non-hydrogen) atoms. The van der Waals surface area contributed by atoms with Crippen LogP contribution in [-0.4, -0.2) is 18.7 Å². The van der Waals surface area contributed by atoms with E-state index >= 15 is 0 Å². The lowest BCUT2D eigenvalue weighted by atomic mass is 10.2. The van der Waals surface area contributed by atoms with Crippen molar-refractivity contribution in [3.8, 4) is 5.75 Å². The number of benzene rings is 1. The molecule has 1 unspecified atom stereocenters. The molecular formula is C14H21BrClNO. The first kappa shape index (κ1) is 15.8. The monoisotopic (exact) mass is 333 g/mol. The van der Waals surface area contributed by atoms with E-state index < -0.39 is 0 Å². The average Bonchev–Trinajstić information content (AvgIpc) is 2.29. The van der Waals surface area contributed by atoms with Crippen LogP contribution in [0.25, 0.3) is 0 Å². The molecule has 0 spiro atoms. The number of nitrogens with one attached hydrogen (secondary N) is 1. The Balaban J connectivity index is 2.35. The smallest absolute Gasteiger partial charge is 0.139 e. The van der Waals surface area contributed by atoms with Crippen LogP contribution < -0.4 is 10.1 Å². The van der Waals surface area contributed by atoms with Crippen molar-refractivity contribution >= 4 is 27.5 Å². The molecule has 0 aliphatic heterocycles. The van der Waals surface area contributed by atoms with Crippen molar-refractivity contribution < 1.29 is 4.74 Å². The van der Waals surface area contributed by atoms with E-state index in [1.54, 1.807) is 0 Å². The van der Waals surface area contributed by atoms with Gasteiger partial charge in [-0.15, -0.1) is 0 Å². The van der Waals surface area contributed by atoms with Crippen molar-refractivity contribution in [1.29, 1.82) is 0 Å². The standard InChI is InChI=1S/C14H21BrClNO/c1-10(2)17-8-4-5-11(3)18-14-9-12(15)6-7-13(14)16/h6-7,9-11,17H,4-5,8H2,1-3H3. The van der Waals surface area contributed by atoms with Crippen molar-refractivity contribution in [1.82, 2.24) is 5.32 Å². The molecule has 0 saturated heterocycles. The fraction of sp³-hybridized carbons (Fsp3) is 0.571. The minimum absolute atomic E-state index is 0.172.